The molecule has 2 fully saturated rings. The maximum absolute atomic E-state index is 11.7. The molecule has 1 saturated heterocycles. The number of aliphatic hydroxyl groups is 1. The van der Waals surface area contributed by atoms with Crippen LogP contribution in [-0.2, 0) is 9.53 Å². The second-order valence-electron chi connectivity index (χ2n) is 6.04. The maximum atomic E-state index is 11.7. The summed E-state index contributed by atoms with van der Waals surface area (Å²) in [6.45, 7) is 8.14. The van der Waals surface area contributed by atoms with Crippen molar-refractivity contribution in [2.45, 2.75) is 45.3 Å². The highest BCUT2D eigenvalue weighted by Crippen LogP contribution is 2.49. The molecule has 5 unspecified atom stereocenters. The average molecular weight is 248 g/mol. The molecule has 0 spiro atoms. The van der Waals surface area contributed by atoms with E-state index in [0.29, 0.717) is 17.4 Å². The molecule has 0 aromatic rings. The highest BCUT2D eigenvalue weighted by atomic mass is 16.6. The minimum atomic E-state index is -0.505. The predicted molar refractivity (Wildman–Crippen MR) is 67.7 cm³/mol. The Balaban J connectivity index is 2.08. The van der Waals surface area contributed by atoms with Crippen LogP contribution in [0.15, 0.2) is 23.3 Å². The molecule has 2 aliphatic carbocycles. The summed E-state index contributed by atoms with van der Waals surface area (Å²) in [4.78, 5) is 11.7. The van der Waals surface area contributed by atoms with Gasteiger partial charge in [0.1, 0.15) is 6.10 Å². The maximum Gasteiger partial charge on any atom is 0.334 e. The summed E-state index contributed by atoms with van der Waals surface area (Å²) >= 11 is 0. The molecule has 1 heterocycles. The van der Waals surface area contributed by atoms with E-state index in [1.54, 1.807) is 0 Å². The lowest BCUT2D eigenvalue weighted by Crippen LogP contribution is -2.28. The third-order valence-electron chi connectivity index (χ3n) is 4.97. The number of carbonyl (C=O) groups is 1. The van der Waals surface area contributed by atoms with Crippen LogP contribution in [0.2, 0.25) is 0 Å². The van der Waals surface area contributed by atoms with Gasteiger partial charge in [0.25, 0.3) is 0 Å². The van der Waals surface area contributed by atoms with E-state index in [1.165, 1.54) is 11.1 Å². The van der Waals surface area contributed by atoms with Crippen LogP contribution in [0.1, 0.15) is 33.1 Å². The zero-order chi connectivity index (χ0) is 13.0. The zero-order valence-corrected chi connectivity index (χ0v) is 11.0. The SMILES string of the molecule is C=C1C(=O)OC2C3=C(C)CCC3C(C)CC(O)C12. The van der Waals surface area contributed by atoms with Gasteiger partial charge in [-0.2, -0.15) is 0 Å². The van der Waals surface area contributed by atoms with Crippen molar-refractivity contribution in [3.63, 3.8) is 0 Å². The van der Waals surface area contributed by atoms with E-state index in [4.69, 9.17) is 4.74 Å². The number of allylic oxidation sites excluding steroid dienone is 1. The number of esters is 1. The zero-order valence-electron chi connectivity index (χ0n) is 11.0. The van der Waals surface area contributed by atoms with Crippen molar-refractivity contribution < 1.29 is 14.6 Å². The van der Waals surface area contributed by atoms with Gasteiger partial charge >= 0.3 is 5.97 Å². The number of hydrogen-bond donors (Lipinski definition) is 1. The van der Waals surface area contributed by atoms with E-state index < -0.39 is 6.10 Å². The summed E-state index contributed by atoms with van der Waals surface area (Å²) in [7, 11) is 0. The summed E-state index contributed by atoms with van der Waals surface area (Å²) in [6, 6.07) is 0. The third kappa shape index (κ3) is 1.50. The van der Waals surface area contributed by atoms with Gasteiger partial charge < -0.3 is 9.84 Å². The second-order valence-corrected chi connectivity index (χ2v) is 6.04. The number of ether oxygens (including phenoxy) is 1. The first kappa shape index (κ1) is 12.0. The molecule has 1 aliphatic heterocycles. The van der Waals surface area contributed by atoms with Crippen LogP contribution in [0.5, 0.6) is 0 Å². The lowest BCUT2D eigenvalue weighted by Gasteiger charge is -2.23. The normalized spacial score (nSPS) is 43.6. The fourth-order valence-corrected chi connectivity index (χ4v) is 4.00. The molecule has 0 amide bonds. The Bertz CT molecular complexity index is 449. The highest BCUT2D eigenvalue weighted by molar-refractivity contribution is 5.91. The van der Waals surface area contributed by atoms with E-state index in [2.05, 4.69) is 20.4 Å². The topological polar surface area (TPSA) is 46.5 Å². The molecule has 3 nitrogen and oxygen atoms in total. The molecule has 18 heavy (non-hydrogen) atoms. The first-order valence-corrected chi connectivity index (χ1v) is 6.78. The van der Waals surface area contributed by atoms with Gasteiger partial charge in [0.15, 0.2) is 0 Å². The summed E-state index contributed by atoms with van der Waals surface area (Å²) in [5.41, 5.74) is 3.07. The molecule has 98 valence electrons. The predicted octanol–water partition coefficient (Wildman–Crippen LogP) is 2.21. The number of rotatable bonds is 0. The standard InChI is InChI=1S/C15H20O3/c1-7-4-5-10-8(2)6-11(16)13-9(3)15(17)18-14(13)12(7)10/h8,10-11,13-14,16H,3-6H2,1-2H3. The van der Waals surface area contributed by atoms with E-state index in [-0.39, 0.29) is 18.0 Å². The van der Waals surface area contributed by atoms with Crippen molar-refractivity contribution in [2.75, 3.05) is 0 Å². The van der Waals surface area contributed by atoms with Crippen molar-refractivity contribution in [3.05, 3.63) is 23.3 Å². The fraction of sp³-hybridized carbons (Fsp3) is 0.667. The molecule has 0 radical (unpaired) electrons. The van der Waals surface area contributed by atoms with Crippen molar-refractivity contribution >= 4 is 5.97 Å². The molecule has 5 atom stereocenters. The Morgan fingerprint density at radius 2 is 2.17 bits per heavy atom. The fourth-order valence-electron chi connectivity index (χ4n) is 4.00. The lowest BCUT2D eigenvalue weighted by atomic mass is 9.85. The lowest BCUT2D eigenvalue weighted by molar-refractivity contribution is -0.138. The van der Waals surface area contributed by atoms with Gasteiger partial charge in [-0.05, 0) is 43.6 Å². The monoisotopic (exact) mass is 248 g/mol. The Labute approximate surface area is 108 Å². The molecule has 3 aliphatic rings. The van der Waals surface area contributed by atoms with Gasteiger partial charge in [-0.3, -0.25) is 0 Å². The van der Waals surface area contributed by atoms with Crippen LogP contribution in [0, 0.1) is 17.8 Å². The quantitative estimate of drug-likeness (QED) is 0.406. The number of carbonyl (C=O) groups excluding carboxylic acids is 1. The number of hydrogen-bond acceptors (Lipinski definition) is 3. The Hall–Kier alpha value is -1.09. The Morgan fingerprint density at radius 3 is 2.89 bits per heavy atom. The van der Waals surface area contributed by atoms with E-state index >= 15 is 0 Å². The van der Waals surface area contributed by atoms with Crippen molar-refractivity contribution in [1.82, 2.24) is 0 Å². The van der Waals surface area contributed by atoms with Crippen molar-refractivity contribution in [3.8, 4) is 0 Å². The molecule has 1 N–H and O–H groups in total. The smallest absolute Gasteiger partial charge is 0.334 e. The van der Waals surface area contributed by atoms with Gasteiger partial charge in [-0.25, -0.2) is 4.79 Å². The largest absolute Gasteiger partial charge is 0.454 e. The van der Waals surface area contributed by atoms with Crippen LogP contribution in [0.3, 0.4) is 0 Å². The van der Waals surface area contributed by atoms with Gasteiger partial charge in [0.05, 0.1) is 12.0 Å². The van der Waals surface area contributed by atoms with Crippen LogP contribution in [-0.4, -0.2) is 23.3 Å². The van der Waals surface area contributed by atoms with E-state index in [9.17, 15) is 9.90 Å². The molecule has 3 rings (SSSR count). The Morgan fingerprint density at radius 1 is 1.44 bits per heavy atom. The van der Waals surface area contributed by atoms with E-state index in [0.717, 1.165) is 19.3 Å². The van der Waals surface area contributed by atoms with Crippen LogP contribution in [0.25, 0.3) is 0 Å². The molecule has 0 bridgehead atoms. The van der Waals surface area contributed by atoms with Crippen LogP contribution in [0.4, 0.5) is 0 Å². The van der Waals surface area contributed by atoms with Crippen molar-refractivity contribution in [2.24, 2.45) is 17.8 Å². The minimum Gasteiger partial charge on any atom is -0.454 e. The van der Waals surface area contributed by atoms with Gasteiger partial charge in [0, 0.05) is 5.57 Å². The molecule has 1 saturated carbocycles. The average Bonchev–Trinajstić information content (AvgIpc) is 2.77. The molecular weight excluding hydrogens is 228 g/mol. The molecular formula is C15H20O3. The first-order valence-electron chi connectivity index (χ1n) is 6.78. The first-order chi connectivity index (χ1) is 8.50. The molecule has 0 aromatic heterocycles. The molecule has 3 heteroatoms. The second kappa shape index (κ2) is 3.95. The summed E-state index contributed by atoms with van der Waals surface area (Å²) < 4.78 is 5.50. The highest BCUT2D eigenvalue weighted by Gasteiger charge is 2.51. The van der Waals surface area contributed by atoms with Crippen molar-refractivity contribution in [1.29, 1.82) is 0 Å². The van der Waals surface area contributed by atoms with E-state index in [1.807, 2.05) is 0 Å². The summed E-state index contributed by atoms with van der Waals surface area (Å²) in [5.74, 6) is 0.357. The van der Waals surface area contributed by atoms with Gasteiger partial charge in [-0.15, -0.1) is 0 Å². The Kier molecular flexibility index (Phi) is 2.63. The van der Waals surface area contributed by atoms with Gasteiger partial charge in [0.2, 0.25) is 0 Å². The minimum absolute atomic E-state index is 0.229. The van der Waals surface area contributed by atoms with Gasteiger partial charge in [-0.1, -0.05) is 19.1 Å². The summed E-state index contributed by atoms with van der Waals surface area (Å²) in [5, 5.41) is 10.3. The summed E-state index contributed by atoms with van der Waals surface area (Å²) in [6.07, 6.45) is 2.20. The number of fused-ring (bicyclic) bond motifs is 3. The number of aliphatic hydroxyl groups excluding tert-OH is 1. The third-order valence-corrected chi connectivity index (χ3v) is 4.97. The molecule has 0 aromatic carbocycles. The van der Waals surface area contributed by atoms with Crippen LogP contribution >= 0.6 is 0 Å². The van der Waals surface area contributed by atoms with Crippen LogP contribution < -0.4 is 0 Å².